The van der Waals surface area contributed by atoms with Gasteiger partial charge in [-0.25, -0.2) is 4.98 Å². The van der Waals surface area contributed by atoms with Crippen molar-refractivity contribution in [2.45, 2.75) is 65.5 Å². The number of hydrogen-bond donors (Lipinski definition) is 3. The van der Waals surface area contributed by atoms with E-state index >= 15 is 0 Å². The SMILES string of the molecule is CC(C)CCCCC(=O)Nc1cnc(OCC(O)CNC(C)C)s1. The second kappa shape index (κ2) is 11.4. The molecular weight excluding hydrogens is 326 g/mol. The number of rotatable bonds is 12. The largest absolute Gasteiger partial charge is 0.467 e. The highest BCUT2D eigenvalue weighted by atomic mass is 32.1. The van der Waals surface area contributed by atoms with Crippen LogP contribution < -0.4 is 15.4 Å². The molecule has 7 heteroatoms. The van der Waals surface area contributed by atoms with Gasteiger partial charge in [-0.15, -0.1) is 0 Å². The molecule has 1 heterocycles. The van der Waals surface area contributed by atoms with Crippen molar-refractivity contribution >= 4 is 22.2 Å². The molecule has 0 bridgehead atoms. The highest BCUT2D eigenvalue weighted by Gasteiger charge is 2.10. The molecule has 3 N–H and O–H groups in total. The van der Waals surface area contributed by atoms with E-state index in [1.165, 1.54) is 11.3 Å². The molecule has 0 aromatic carbocycles. The summed E-state index contributed by atoms with van der Waals surface area (Å²) >= 11 is 1.27. The third kappa shape index (κ3) is 9.85. The zero-order valence-electron chi connectivity index (χ0n) is 15.2. The average molecular weight is 358 g/mol. The fourth-order valence-electron chi connectivity index (χ4n) is 2.02. The number of anilines is 1. The molecule has 138 valence electrons. The van der Waals surface area contributed by atoms with E-state index in [2.05, 4.69) is 29.5 Å². The molecule has 1 aromatic rings. The van der Waals surface area contributed by atoms with Crippen molar-refractivity contribution in [3.05, 3.63) is 6.20 Å². The smallest absolute Gasteiger partial charge is 0.275 e. The summed E-state index contributed by atoms with van der Waals surface area (Å²) in [5.74, 6) is 0.690. The van der Waals surface area contributed by atoms with Gasteiger partial charge in [0.05, 0.1) is 6.20 Å². The molecule has 1 amide bonds. The Bertz CT molecular complexity index is 477. The molecule has 24 heavy (non-hydrogen) atoms. The number of carbonyl (C=O) groups is 1. The lowest BCUT2D eigenvalue weighted by Gasteiger charge is -2.13. The van der Waals surface area contributed by atoms with Crippen molar-refractivity contribution in [2.75, 3.05) is 18.5 Å². The van der Waals surface area contributed by atoms with Crippen molar-refractivity contribution in [1.82, 2.24) is 10.3 Å². The van der Waals surface area contributed by atoms with Crippen molar-refractivity contribution in [3.8, 4) is 5.19 Å². The van der Waals surface area contributed by atoms with Gasteiger partial charge >= 0.3 is 0 Å². The normalized spacial score (nSPS) is 12.6. The molecule has 0 saturated heterocycles. The number of aromatic nitrogens is 1. The molecule has 0 aliphatic heterocycles. The van der Waals surface area contributed by atoms with Crippen molar-refractivity contribution in [1.29, 1.82) is 0 Å². The van der Waals surface area contributed by atoms with Crippen LogP contribution in [0.3, 0.4) is 0 Å². The molecule has 0 aliphatic rings. The molecule has 6 nitrogen and oxygen atoms in total. The number of aliphatic hydroxyl groups excluding tert-OH is 1. The minimum atomic E-state index is -0.588. The summed E-state index contributed by atoms with van der Waals surface area (Å²) < 4.78 is 5.45. The first-order valence-electron chi connectivity index (χ1n) is 8.66. The minimum absolute atomic E-state index is 0.00937. The molecule has 1 atom stereocenters. The highest BCUT2D eigenvalue weighted by molar-refractivity contribution is 7.17. The molecule has 1 rings (SSSR count). The van der Waals surface area contributed by atoms with Gasteiger partial charge in [0.1, 0.15) is 17.7 Å². The quantitative estimate of drug-likeness (QED) is 0.501. The van der Waals surface area contributed by atoms with E-state index in [0.717, 1.165) is 19.3 Å². The molecule has 0 saturated carbocycles. The maximum atomic E-state index is 11.9. The van der Waals surface area contributed by atoms with E-state index in [4.69, 9.17) is 4.74 Å². The predicted octanol–water partition coefficient (Wildman–Crippen LogP) is 3.04. The summed E-state index contributed by atoms with van der Waals surface area (Å²) in [5, 5.41) is 16.9. The minimum Gasteiger partial charge on any atom is -0.467 e. The summed E-state index contributed by atoms with van der Waals surface area (Å²) in [4.78, 5) is 16.0. The van der Waals surface area contributed by atoms with Crippen LogP contribution in [0.2, 0.25) is 0 Å². The van der Waals surface area contributed by atoms with Gasteiger partial charge in [-0.2, -0.15) is 0 Å². The molecule has 1 aromatic heterocycles. The third-order valence-corrected chi connectivity index (χ3v) is 4.17. The maximum absolute atomic E-state index is 11.9. The number of aliphatic hydroxyl groups is 1. The number of unbranched alkanes of at least 4 members (excludes halogenated alkanes) is 1. The van der Waals surface area contributed by atoms with Crippen LogP contribution in [0.5, 0.6) is 5.19 Å². The number of ether oxygens (including phenoxy) is 1. The number of amides is 1. The first-order valence-corrected chi connectivity index (χ1v) is 9.48. The zero-order valence-corrected chi connectivity index (χ0v) is 16.0. The fourth-order valence-corrected chi connectivity index (χ4v) is 2.71. The lowest BCUT2D eigenvalue weighted by atomic mass is 10.1. The topological polar surface area (TPSA) is 83.5 Å². The lowest BCUT2D eigenvalue weighted by molar-refractivity contribution is -0.116. The van der Waals surface area contributed by atoms with E-state index in [-0.39, 0.29) is 12.5 Å². The van der Waals surface area contributed by atoms with Gasteiger partial charge in [0.25, 0.3) is 5.19 Å². The van der Waals surface area contributed by atoms with Crippen LogP contribution in [0.1, 0.15) is 53.4 Å². The van der Waals surface area contributed by atoms with Crippen LogP contribution in [-0.4, -0.2) is 41.3 Å². The van der Waals surface area contributed by atoms with E-state index in [0.29, 0.717) is 35.1 Å². The monoisotopic (exact) mass is 357 g/mol. The number of thiazole rings is 1. The summed E-state index contributed by atoms with van der Waals surface area (Å²) in [6.45, 7) is 9.07. The summed E-state index contributed by atoms with van der Waals surface area (Å²) in [6, 6.07) is 0.321. The Balaban J connectivity index is 2.24. The Morgan fingerprint density at radius 3 is 2.75 bits per heavy atom. The van der Waals surface area contributed by atoms with Gasteiger partial charge < -0.3 is 20.5 Å². The van der Waals surface area contributed by atoms with Crippen LogP contribution in [0, 0.1) is 5.92 Å². The second-order valence-corrected chi connectivity index (χ2v) is 7.70. The number of nitrogens with zero attached hydrogens (tertiary/aromatic N) is 1. The second-order valence-electron chi connectivity index (χ2n) is 6.71. The standard InChI is InChI=1S/C17H31N3O3S/c1-12(2)7-5-6-8-15(22)20-16-10-19-17(24-16)23-11-14(21)9-18-13(3)4/h10,12-14,18,21H,5-9,11H2,1-4H3,(H,20,22). The van der Waals surface area contributed by atoms with Gasteiger partial charge in [-0.1, -0.05) is 51.9 Å². The third-order valence-electron chi connectivity index (χ3n) is 3.34. The van der Waals surface area contributed by atoms with Gasteiger partial charge in [0.2, 0.25) is 5.91 Å². The summed E-state index contributed by atoms with van der Waals surface area (Å²) in [5.41, 5.74) is 0. The number of carbonyl (C=O) groups excluding carboxylic acids is 1. The predicted molar refractivity (Wildman–Crippen MR) is 98.7 cm³/mol. The van der Waals surface area contributed by atoms with Crippen molar-refractivity contribution in [3.63, 3.8) is 0 Å². The molecule has 0 fully saturated rings. The van der Waals surface area contributed by atoms with Gasteiger partial charge in [-0.05, 0) is 12.3 Å². The number of nitrogens with one attached hydrogen (secondary N) is 2. The van der Waals surface area contributed by atoms with Crippen LogP contribution in [0.25, 0.3) is 0 Å². The molecular formula is C17H31N3O3S. The first kappa shape index (κ1) is 20.9. The lowest BCUT2D eigenvalue weighted by Crippen LogP contribution is -2.35. The Kier molecular flexibility index (Phi) is 9.90. The van der Waals surface area contributed by atoms with Crippen molar-refractivity contribution < 1.29 is 14.6 Å². The van der Waals surface area contributed by atoms with E-state index in [1.54, 1.807) is 6.20 Å². The van der Waals surface area contributed by atoms with Gasteiger partial charge in [0.15, 0.2) is 0 Å². The zero-order chi connectivity index (χ0) is 17.9. The van der Waals surface area contributed by atoms with Crippen LogP contribution in [-0.2, 0) is 4.79 Å². The average Bonchev–Trinajstić information content (AvgIpc) is 2.94. The van der Waals surface area contributed by atoms with Gasteiger partial charge in [-0.3, -0.25) is 4.79 Å². The van der Waals surface area contributed by atoms with Crippen LogP contribution in [0.4, 0.5) is 5.00 Å². The van der Waals surface area contributed by atoms with E-state index in [9.17, 15) is 9.90 Å². The molecule has 0 aliphatic carbocycles. The summed E-state index contributed by atoms with van der Waals surface area (Å²) in [7, 11) is 0. The molecule has 0 radical (unpaired) electrons. The van der Waals surface area contributed by atoms with E-state index in [1.807, 2.05) is 13.8 Å². The highest BCUT2D eigenvalue weighted by Crippen LogP contribution is 2.25. The Morgan fingerprint density at radius 2 is 2.08 bits per heavy atom. The van der Waals surface area contributed by atoms with Gasteiger partial charge in [0, 0.05) is 19.0 Å². The number of hydrogen-bond acceptors (Lipinski definition) is 6. The Morgan fingerprint density at radius 1 is 1.33 bits per heavy atom. The summed E-state index contributed by atoms with van der Waals surface area (Å²) in [6.07, 6.45) is 4.66. The van der Waals surface area contributed by atoms with E-state index < -0.39 is 6.10 Å². The van der Waals surface area contributed by atoms with Crippen molar-refractivity contribution in [2.24, 2.45) is 5.92 Å². The Labute approximate surface area is 149 Å². The maximum Gasteiger partial charge on any atom is 0.275 e. The molecule has 1 unspecified atom stereocenters. The van der Waals surface area contributed by atoms with Crippen LogP contribution >= 0.6 is 11.3 Å². The Hall–Kier alpha value is -1.18. The van der Waals surface area contributed by atoms with Crippen LogP contribution in [0.15, 0.2) is 6.20 Å². The molecule has 0 spiro atoms. The fraction of sp³-hybridized carbons (Fsp3) is 0.765. The first-order chi connectivity index (χ1) is 11.4.